The van der Waals surface area contributed by atoms with Crippen LogP contribution in [0.5, 0.6) is 0 Å². The summed E-state index contributed by atoms with van der Waals surface area (Å²) in [5.41, 5.74) is 3.87. The Morgan fingerprint density at radius 3 is 2.38 bits per heavy atom. The zero-order valence-corrected chi connectivity index (χ0v) is 12.9. The van der Waals surface area contributed by atoms with E-state index in [4.69, 9.17) is 11.6 Å². The molecule has 0 bridgehead atoms. The zero-order valence-electron chi connectivity index (χ0n) is 12.1. The quantitative estimate of drug-likeness (QED) is 0.690. The van der Waals surface area contributed by atoms with Crippen LogP contribution < -0.4 is 0 Å². The van der Waals surface area contributed by atoms with Gasteiger partial charge in [-0.15, -0.1) is 0 Å². The average molecular weight is 297 g/mol. The van der Waals surface area contributed by atoms with E-state index in [1.807, 2.05) is 44.2 Å². The van der Waals surface area contributed by atoms with E-state index in [9.17, 15) is 5.11 Å². The van der Waals surface area contributed by atoms with E-state index in [2.05, 4.69) is 24.3 Å². The van der Waals surface area contributed by atoms with E-state index < -0.39 is 6.10 Å². The third-order valence-corrected chi connectivity index (χ3v) is 4.38. The Kier molecular flexibility index (Phi) is 3.71. The average Bonchev–Trinajstić information content (AvgIpc) is 2.49. The Bertz CT molecular complexity index is 808. The number of benzene rings is 3. The van der Waals surface area contributed by atoms with Crippen LogP contribution in [0.4, 0.5) is 0 Å². The van der Waals surface area contributed by atoms with E-state index in [-0.39, 0.29) is 0 Å². The van der Waals surface area contributed by atoms with Crippen molar-refractivity contribution in [1.82, 2.24) is 0 Å². The molecule has 0 fully saturated rings. The molecular formula is C19H17ClO. The lowest BCUT2D eigenvalue weighted by Crippen LogP contribution is -2.03. The summed E-state index contributed by atoms with van der Waals surface area (Å²) in [5, 5.41) is 13.7. The van der Waals surface area contributed by atoms with Crippen LogP contribution in [0.3, 0.4) is 0 Å². The number of aryl methyl sites for hydroxylation is 2. The van der Waals surface area contributed by atoms with E-state index in [0.29, 0.717) is 5.02 Å². The van der Waals surface area contributed by atoms with Crippen LogP contribution in [0.15, 0.2) is 54.6 Å². The molecule has 3 aromatic rings. The molecule has 0 aliphatic rings. The van der Waals surface area contributed by atoms with Gasteiger partial charge in [-0.2, -0.15) is 0 Å². The second kappa shape index (κ2) is 5.51. The lowest BCUT2D eigenvalue weighted by Gasteiger charge is -2.18. The summed E-state index contributed by atoms with van der Waals surface area (Å²) in [7, 11) is 0. The number of aliphatic hydroxyl groups is 1. The SMILES string of the molecule is Cc1ccc(C(O)c2c(C)ccc3ccccc23)cc1Cl. The van der Waals surface area contributed by atoms with Crippen molar-refractivity contribution in [3.8, 4) is 0 Å². The fraction of sp³-hybridized carbons (Fsp3) is 0.158. The normalized spacial score (nSPS) is 12.6. The maximum absolute atomic E-state index is 10.8. The van der Waals surface area contributed by atoms with Gasteiger partial charge >= 0.3 is 0 Å². The van der Waals surface area contributed by atoms with Gasteiger partial charge in [0.2, 0.25) is 0 Å². The molecule has 106 valence electrons. The first-order valence-electron chi connectivity index (χ1n) is 7.00. The molecule has 1 atom stereocenters. The molecule has 0 aromatic heterocycles. The minimum absolute atomic E-state index is 0.672. The maximum atomic E-state index is 10.8. The number of aliphatic hydroxyl groups excluding tert-OH is 1. The number of hydrogen-bond donors (Lipinski definition) is 1. The molecule has 21 heavy (non-hydrogen) atoms. The molecule has 0 saturated heterocycles. The molecular weight excluding hydrogens is 280 g/mol. The van der Waals surface area contributed by atoms with E-state index in [0.717, 1.165) is 33.0 Å². The predicted molar refractivity (Wildman–Crippen MR) is 88.9 cm³/mol. The number of halogens is 1. The number of fused-ring (bicyclic) bond motifs is 1. The molecule has 0 radical (unpaired) electrons. The van der Waals surface area contributed by atoms with Crippen LogP contribution in [-0.2, 0) is 0 Å². The number of rotatable bonds is 2. The monoisotopic (exact) mass is 296 g/mol. The highest BCUT2D eigenvalue weighted by molar-refractivity contribution is 6.31. The van der Waals surface area contributed by atoms with Crippen molar-refractivity contribution in [3.05, 3.63) is 81.9 Å². The third kappa shape index (κ3) is 2.55. The smallest absolute Gasteiger partial charge is 0.105 e. The van der Waals surface area contributed by atoms with Crippen molar-refractivity contribution in [1.29, 1.82) is 0 Å². The van der Waals surface area contributed by atoms with Gasteiger partial charge in [0.15, 0.2) is 0 Å². The van der Waals surface area contributed by atoms with Crippen molar-refractivity contribution in [2.45, 2.75) is 20.0 Å². The summed E-state index contributed by atoms with van der Waals surface area (Å²) < 4.78 is 0. The zero-order chi connectivity index (χ0) is 15.0. The molecule has 0 heterocycles. The number of hydrogen-bond acceptors (Lipinski definition) is 1. The second-order valence-corrected chi connectivity index (χ2v) is 5.84. The molecule has 0 saturated carbocycles. The summed E-state index contributed by atoms with van der Waals surface area (Å²) in [5.74, 6) is 0. The molecule has 0 spiro atoms. The maximum Gasteiger partial charge on any atom is 0.105 e. The predicted octanol–water partition coefficient (Wildman–Crippen LogP) is 5.19. The van der Waals surface area contributed by atoms with Crippen molar-refractivity contribution in [2.75, 3.05) is 0 Å². The van der Waals surface area contributed by atoms with Crippen LogP contribution in [0.2, 0.25) is 5.02 Å². The standard InChI is InChI=1S/C19H17ClO/c1-12-7-10-15(11-17(12)20)19(21)18-13(2)8-9-14-5-3-4-6-16(14)18/h3-11,19,21H,1-2H3. The van der Waals surface area contributed by atoms with Crippen molar-refractivity contribution in [2.24, 2.45) is 0 Å². The van der Waals surface area contributed by atoms with Crippen LogP contribution in [0.25, 0.3) is 10.8 Å². The van der Waals surface area contributed by atoms with Gasteiger partial charge < -0.3 is 5.11 Å². The van der Waals surface area contributed by atoms with Crippen molar-refractivity contribution in [3.63, 3.8) is 0 Å². The van der Waals surface area contributed by atoms with Gasteiger partial charge in [0.1, 0.15) is 6.10 Å². The lowest BCUT2D eigenvalue weighted by atomic mass is 9.92. The molecule has 0 aliphatic heterocycles. The highest BCUT2D eigenvalue weighted by Gasteiger charge is 2.16. The van der Waals surface area contributed by atoms with Gasteiger partial charge in [0.05, 0.1) is 0 Å². The molecule has 1 N–H and O–H groups in total. The molecule has 1 nitrogen and oxygen atoms in total. The van der Waals surface area contributed by atoms with Crippen molar-refractivity contribution >= 4 is 22.4 Å². The topological polar surface area (TPSA) is 20.2 Å². The summed E-state index contributed by atoms with van der Waals surface area (Å²) in [6, 6.07) is 18.0. The van der Waals surface area contributed by atoms with E-state index >= 15 is 0 Å². The molecule has 2 heteroatoms. The van der Waals surface area contributed by atoms with Gasteiger partial charge in [0.25, 0.3) is 0 Å². The molecule has 3 aromatic carbocycles. The Hall–Kier alpha value is -1.83. The molecule has 1 unspecified atom stereocenters. The minimum atomic E-state index is -0.672. The highest BCUT2D eigenvalue weighted by atomic mass is 35.5. The van der Waals surface area contributed by atoms with Crippen LogP contribution >= 0.6 is 11.6 Å². The first-order chi connectivity index (χ1) is 10.1. The first kappa shape index (κ1) is 14.1. The fourth-order valence-electron chi connectivity index (χ4n) is 2.71. The Balaban J connectivity index is 2.19. The third-order valence-electron chi connectivity index (χ3n) is 3.97. The fourth-order valence-corrected chi connectivity index (χ4v) is 2.90. The van der Waals surface area contributed by atoms with E-state index in [1.54, 1.807) is 0 Å². The summed E-state index contributed by atoms with van der Waals surface area (Å²) in [4.78, 5) is 0. The Labute approximate surface area is 129 Å². The first-order valence-corrected chi connectivity index (χ1v) is 7.38. The lowest BCUT2D eigenvalue weighted by molar-refractivity contribution is 0.221. The van der Waals surface area contributed by atoms with Gasteiger partial charge in [-0.05, 0) is 52.9 Å². The van der Waals surface area contributed by atoms with E-state index in [1.165, 1.54) is 0 Å². The van der Waals surface area contributed by atoms with Gasteiger partial charge in [-0.25, -0.2) is 0 Å². The van der Waals surface area contributed by atoms with Crippen molar-refractivity contribution < 1.29 is 5.11 Å². The summed E-state index contributed by atoms with van der Waals surface area (Å²) in [6.45, 7) is 3.99. The summed E-state index contributed by atoms with van der Waals surface area (Å²) >= 11 is 6.19. The van der Waals surface area contributed by atoms with Crippen LogP contribution in [0.1, 0.15) is 28.4 Å². The van der Waals surface area contributed by atoms with Gasteiger partial charge in [0, 0.05) is 5.02 Å². The van der Waals surface area contributed by atoms with Crippen LogP contribution in [-0.4, -0.2) is 5.11 Å². The second-order valence-electron chi connectivity index (χ2n) is 5.43. The van der Waals surface area contributed by atoms with Crippen LogP contribution in [0, 0.1) is 13.8 Å². The minimum Gasteiger partial charge on any atom is -0.384 e. The summed E-state index contributed by atoms with van der Waals surface area (Å²) in [6.07, 6.45) is -0.672. The van der Waals surface area contributed by atoms with Gasteiger partial charge in [-0.3, -0.25) is 0 Å². The Morgan fingerprint density at radius 2 is 1.62 bits per heavy atom. The molecule has 3 rings (SSSR count). The van der Waals surface area contributed by atoms with Gasteiger partial charge in [-0.1, -0.05) is 60.1 Å². The largest absolute Gasteiger partial charge is 0.384 e. The highest BCUT2D eigenvalue weighted by Crippen LogP contribution is 2.33. The Morgan fingerprint density at radius 1 is 0.905 bits per heavy atom. The molecule has 0 aliphatic carbocycles. The molecule has 0 amide bonds.